The molecule has 0 radical (unpaired) electrons. The Morgan fingerprint density at radius 2 is 1.09 bits per heavy atom. The van der Waals surface area contributed by atoms with Gasteiger partial charge in [-0.15, -0.1) is 0 Å². The Bertz CT molecular complexity index is 693. The van der Waals surface area contributed by atoms with Gasteiger partial charge in [-0.25, -0.2) is 0 Å². The fourth-order valence-corrected chi connectivity index (χ4v) is 2.25. The van der Waals surface area contributed by atoms with Crippen molar-refractivity contribution in [2.45, 2.75) is 19.3 Å². The van der Waals surface area contributed by atoms with Gasteiger partial charge in [0.05, 0.1) is 0 Å². The van der Waals surface area contributed by atoms with Gasteiger partial charge in [0.1, 0.15) is 23.0 Å². The molecule has 0 spiro atoms. The van der Waals surface area contributed by atoms with Crippen molar-refractivity contribution in [3.05, 3.63) is 47.5 Å². The zero-order valence-corrected chi connectivity index (χ0v) is 12.4. The lowest BCUT2D eigenvalue weighted by Crippen LogP contribution is -2.11. The SMILES string of the molecule is N=C(CC(=N)Cc1ccc(O)cc1O)Cc1ccc(O)cc1O. The quantitative estimate of drug-likeness (QED) is 0.458. The molecule has 23 heavy (non-hydrogen) atoms. The molecule has 0 fully saturated rings. The number of nitrogens with one attached hydrogen (secondary N) is 2. The molecule has 0 aliphatic carbocycles. The van der Waals surface area contributed by atoms with E-state index in [2.05, 4.69) is 0 Å². The zero-order chi connectivity index (χ0) is 17.0. The van der Waals surface area contributed by atoms with Crippen LogP contribution in [0.3, 0.4) is 0 Å². The molecular weight excluding hydrogens is 296 g/mol. The van der Waals surface area contributed by atoms with E-state index in [1.54, 1.807) is 0 Å². The fourth-order valence-electron chi connectivity index (χ4n) is 2.25. The van der Waals surface area contributed by atoms with Gasteiger partial charge in [0, 0.05) is 42.8 Å². The predicted molar refractivity (Wildman–Crippen MR) is 87.0 cm³/mol. The maximum atomic E-state index is 9.70. The van der Waals surface area contributed by atoms with Crippen LogP contribution < -0.4 is 0 Å². The molecule has 0 heterocycles. The van der Waals surface area contributed by atoms with Gasteiger partial charge in [0.25, 0.3) is 0 Å². The van der Waals surface area contributed by atoms with Crippen LogP contribution in [0, 0.1) is 10.8 Å². The lowest BCUT2D eigenvalue weighted by atomic mass is 9.99. The van der Waals surface area contributed by atoms with Gasteiger partial charge in [0.2, 0.25) is 0 Å². The summed E-state index contributed by atoms with van der Waals surface area (Å²) in [5, 5.41) is 53.8. The second-order valence-corrected chi connectivity index (χ2v) is 5.36. The Morgan fingerprint density at radius 1 is 0.696 bits per heavy atom. The summed E-state index contributed by atoms with van der Waals surface area (Å²) in [4.78, 5) is 0. The number of phenols is 4. The highest BCUT2D eigenvalue weighted by molar-refractivity contribution is 6.03. The first-order valence-electron chi connectivity index (χ1n) is 6.99. The molecule has 0 aromatic heterocycles. The van der Waals surface area contributed by atoms with Crippen LogP contribution >= 0.6 is 0 Å². The van der Waals surface area contributed by atoms with Crippen molar-refractivity contribution in [2.75, 3.05) is 0 Å². The van der Waals surface area contributed by atoms with Crippen LogP contribution in [0.15, 0.2) is 36.4 Å². The van der Waals surface area contributed by atoms with Crippen LogP contribution in [0.5, 0.6) is 23.0 Å². The number of rotatable bonds is 6. The van der Waals surface area contributed by atoms with Crippen LogP contribution in [0.4, 0.5) is 0 Å². The third-order valence-electron chi connectivity index (χ3n) is 3.37. The minimum atomic E-state index is -0.0857. The van der Waals surface area contributed by atoms with E-state index in [4.69, 9.17) is 10.8 Å². The van der Waals surface area contributed by atoms with Gasteiger partial charge in [-0.2, -0.15) is 0 Å². The van der Waals surface area contributed by atoms with Crippen LogP contribution in [0.1, 0.15) is 17.5 Å². The zero-order valence-electron chi connectivity index (χ0n) is 12.4. The molecule has 0 aliphatic rings. The summed E-state index contributed by atoms with van der Waals surface area (Å²) in [6.07, 6.45) is 0.465. The van der Waals surface area contributed by atoms with Crippen molar-refractivity contribution in [1.29, 1.82) is 10.8 Å². The molecule has 6 nitrogen and oxygen atoms in total. The normalized spacial score (nSPS) is 10.4. The number of aromatic hydroxyl groups is 4. The van der Waals surface area contributed by atoms with E-state index in [9.17, 15) is 20.4 Å². The highest BCUT2D eigenvalue weighted by Crippen LogP contribution is 2.25. The first-order valence-corrected chi connectivity index (χ1v) is 6.99. The number of benzene rings is 2. The maximum Gasteiger partial charge on any atom is 0.122 e. The average molecular weight is 314 g/mol. The van der Waals surface area contributed by atoms with Gasteiger partial charge in [-0.05, 0) is 23.3 Å². The summed E-state index contributed by atoms with van der Waals surface area (Å²) in [5.74, 6) is -0.267. The molecule has 0 unspecified atom stereocenters. The van der Waals surface area contributed by atoms with Crippen molar-refractivity contribution < 1.29 is 20.4 Å². The van der Waals surface area contributed by atoms with Crippen LogP contribution in [-0.4, -0.2) is 31.8 Å². The third-order valence-corrected chi connectivity index (χ3v) is 3.37. The Morgan fingerprint density at radius 3 is 1.43 bits per heavy atom. The first-order chi connectivity index (χ1) is 10.8. The topological polar surface area (TPSA) is 129 Å². The van der Waals surface area contributed by atoms with Crippen LogP contribution in [0.2, 0.25) is 0 Å². The largest absolute Gasteiger partial charge is 0.508 e. The standard InChI is InChI=1S/C17H18N2O4/c18-12(5-10-1-3-14(20)8-16(10)22)7-13(19)6-11-2-4-15(21)9-17(11)23/h1-4,8-9,18-23H,5-7H2. The monoisotopic (exact) mass is 314 g/mol. The van der Waals surface area contributed by atoms with E-state index >= 15 is 0 Å². The van der Waals surface area contributed by atoms with E-state index in [1.165, 1.54) is 36.4 Å². The number of hydrogen-bond donors (Lipinski definition) is 6. The number of hydrogen-bond acceptors (Lipinski definition) is 6. The molecule has 0 aliphatic heterocycles. The van der Waals surface area contributed by atoms with Crippen LogP contribution in [-0.2, 0) is 12.8 Å². The minimum absolute atomic E-state index is 0.0478. The predicted octanol–water partition coefficient (Wildman–Crippen LogP) is 2.72. The number of phenolic OH excluding ortho intramolecular Hbond substituents is 4. The molecule has 0 bridgehead atoms. The Labute approximate surface area is 133 Å². The lowest BCUT2D eigenvalue weighted by Gasteiger charge is -2.09. The Kier molecular flexibility index (Phi) is 4.85. The van der Waals surface area contributed by atoms with Gasteiger partial charge < -0.3 is 31.2 Å². The summed E-state index contributed by atoms with van der Waals surface area (Å²) in [7, 11) is 0. The second kappa shape index (κ2) is 6.83. The van der Waals surface area contributed by atoms with E-state index < -0.39 is 0 Å². The molecule has 6 heteroatoms. The Hall–Kier alpha value is -3.02. The summed E-state index contributed by atoms with van der Waals surface area (Å²) in [6, 6.07) is 8.36. The molecule has 0 amide bonds. The van der Waals surface area contributed by atoms with Crippen molar-refractivity contribution >= 4 is 11.4 Å². The summed E-state index contributed by atoms with van der Waals surface area (Å²) in [5.41, 5.74) is 1.50. The van der Waals surface area contributed by atoms with E-state index in [0.29, 0.717) is 11.1 Å². The fraction of sp³-hybridized carbons (Fsp3) is 0.176. The van der Waals surface area contributed by atoms with Crippen molar-refractivity contribution in [3.8, 4) is 23.0 Å². The van der Waals surface area contributed by atoms with Crippen molar-refractivity contribution in [1.82, 2.24) is 0 Å². The molecule has 2 rings (SSSR count). The maximum absolute atomic E-state index is 9.70. The molecule has 120 valence electrons. The van der Waals surface area contributed by atoms with Crippen LogP contribution in [0.25, 0.3) is 0 Å². The average Bonchev–Trinajstić information content (AvgIpc) is 2.45. The van der Waals surface area contributed by atoms with Gasteiger partial charge >= 0.3 is 0 Å². The van der Waals surface area contributed by atoms with Crippen molar-refractivity contribution in [3.63, 3.8) is 0 Å². The first kappa shape index (κ1) is 16.4. The van der Waals surface area contributed by atoms with Gasteiger partial charge in [-0.3, -0.25) is 0 Å². The minimum Gasteiger partial charge on any atom is -0.508 e. The Balaban J connectivity index is 1.95. The van der Waals surface area contributed by atoms with E-state index in [0.717, 1.165) is 0 Å². The molecule has 0 saturated heterocycles. The van der Waals surface area contributed by atoms with Gasteiger partial charge in [0.15, 0.2) is 0 Å². The highest BCUT2D eigenvalue weighted by atomic mass is 16.3. The van der Waals surface area contributed by atoms with E-state index in [-0.39, 0.29) is 53.7 Å². The van der Waals surface area contributed by atoms with Crippen molar-refractivity contribution in [2.24, 2.45) is 0 Å². The highest BCUT2D eigenvalue weighted by Gasteiger charge is 2.10. The molecular formula is C17H18N2O4. The summed E-state index contributed by atoms with van der Waals surface area (Å²) >= 11 is 0. The third kappa shape index (κ3) is 4.47. The molecule has 6 N–H and O–H groups in total. The smallest absolute Gasteiger partial charge is 0.122 e. The molecule has 2 aromatic rings. The lowest BCUT2D eigenvalue weighted by molar-refractivity contribution is 0.446. The summed E-state index contributed by atoms with van der Waals surface area (Å²) < 4.78 is 0. The molecule has 2 aromatic carbocycles. The summed E-state index contributed by atoms with van der Waals surface area (Å²) in [6.45, 7) is 0. The molecule has 0 saturated carbocycles. The molecule has 0 atom stereocenters. The van der Waals surface area contributed by atoms with E-state index in [1.807, 2.05) is 0 Å². The van der Waals surface area contributed by atoms with Gasteiger partial charge in [-0.1, -0.05) is 12.1 Å². The second-order valence-electron chi connectivity index (χ2n) is 5.36.